The lowest BCUT2D eigenvalue weighted by atomic mass is 10.2. The zero-order valence-electron chi connectivity index (χ0n) is 12.0. The summed E-state index contributed by atoms with van der Waals surface area (Å²) in [5.74, 6) is -0.00486. The number of morpholine rings is 1. The Kier molecular flexibility index (Phi) is 13.1. The summed E-state index contributed by atoms with van der Waals surface area (Å²) in [7, 11) is 2.08. The number of ether oxygens (including phenoxy) is 1. The Morgan fingerprint density at radius 1 is 1.53 bits per heavy atom. The van der Waals surface area contributed by atoms with Crippen LogP contribution in [0.15, 0.2) is 0 Å². The van der Waals surface area contributed by atoms with Gasteiger partial charge in [-0.15, -0.1) is 24.8 Å². The summed E-state index contributed by atoms with van der Waals surface area (Å²) in [6.07, 6.45) is 0.803. The number of hydrogen-bond donors (Lipinski definition) is 2. The van der Waals surface area contributed by atoms with E-state index in [1.807, 2.05) is 0 Å². The van der Waals surface area contributed by atoms with Crippen LogP contribution in [0, 0.1) is 0 Å². The molecule has 2 atom stereocenters. The average Bonchev–Trinajstić information content (AvgIpc) is 2.38. The highest BCUT2D eigenvalue weighted by atomic mass is 35.5. The number of carbonyl (C=O) groups is 1. The SMILES string of the molecule is CCC(C)N(C)CCNC(=O)[C@H]1CNCCO1.Cl.Cl. The molecule has 1 aliphatic rings. The van der Waals surface area contributed by atoms with Crippen LogP contribution >= 0.6 is 24.8 Å². The zero-order chi connectivity index (χ0) is 12.7. The minimum absolute atomic E-state index is 0. The van der Waals surface area contributed by atoms with Crippen LogP contribution in [0.3, 0.4) is 0 Å². The number of halogens is 2. The van der Waals surface area contributed by atoms with Crippen molar-refractivity contribution in [3.8, 4) is 0 Å². The van der Waals surface area contributed by atoms with Crippen molar-refractivity contribution < 1.29 is 9.53 Å². The first-order chi connectivity index (χ1) is 8.15. The van der Waals surface area contributed by atoms with Crippen LogP contribution < -0.4 is 10.6 Å². The zero-order valence-corrected chi connectivity index (χ0v) is 13.6. The minimum Gasteiger partial charge on any atom is -0.366 e. The monoisotopic (exact) mass is 315 g/mol. The molecule has 0 radical (unpaired) electrons. The van der Waals surface area contributed by atoms with Crippen LogP contribution in [-0.4, -0.2) is 62.8 Å². The van der Waals surface area contributed by atoms with Gasteiger partial charge in [0, 0.05) is 32.2 Å². The molecule has 1 rings (SSSR count). The van der Waals surface area contributed by atoms with Crippen molar-refractivity contribution in [2.24, 2.45) is 0 Å². The molecule has 2 N–H and O–H groups in total. The molecule has 1 saturated heterocycles. The Labute approximate surface area is 128 Å². The van der Waals surface area contributed by atoms with Gasteiger partial charge in [-0.25, -0.2) is 0 Å². The standard InChI is InChI=1S/C12H25N3O2.2ClH/c1-4-10(2)15(3)7-5-14-12(16)11-9-13-6-8-17-11;;/h10-11,13H,4-9H2,1-3H3,(H,14,16);2*1H/t10?,11-;;/m1../s1. The Balaban J connectivity index is 0. The van der Waals surface area contributed by atoms with Gasteiger partial charge in [-0.1, -0.05) is 6.92 Å². The Bertz CT molecular complexity index is 239. The minimum atomic E-state index is -0.322. The highest BCUT2D eigenvalue weighted by Crippen LogP contribution is 1.99. The molecule has 0 spiro atoms. The van der Waals surface area contributed by atoms with Gasteiger partial charge >= 0.3 is 0 Å². The highest BCUT2D eigenvalue weighted by molar-refractivity contribution is 5.85. The number of hydrogen-bond acceptors (Lipinski definition) is 4. The summed E-state index contributed by atoms with van der Waals surface area (Å²) < 4.78 is 5.38. The number of nitrogens with one attached hydrogen (secondary N) is 2. The predicted molar refractivity (Wildman–Crippen MR) is 82.5 cm³/mol. The summed E-state index contributed by atoms with van der Waals surface area (Å²) in [6, 6.07) is 0.555. The normalized spacial score (nSPS) is 20.1. The molecule has 19 heavy (non-hydrogen) atoms. The first-order valence-electron chi connectivity index (χ1n) is 6.45. The Morgan fingerprint density at radius 3 is 2.74 bits per heavy atom. The van der Waals surface area contributed by atoms with E-state index in [9.17, 15) is 4.79 Å². The molecule has 1 heterocycles. The van der Waals surface area contributed by atoms with Crippen molar-refractivity contribution in [1.82, 2.24) is 15.5 Å². The average molecular weight is 316 g/mol. The first-order valence-corrected chi connectivity index (χ1v) is 6.45. The molecule has 1 aliphatic heterocycles. The molecule has 0 aromatic heterocycles. The fourth-order valence-electron chi connectivity index (χ4n) is 1.74. The molecular weight excluding hydrogens is 289 g/mol. The van der Waals surface area contributed by atoms with Gasteiger partial charge in [0.15, 0.2) is 0 Å². The molecular formula is C12H27Cl2N3O2. The van der Waals surface area contributed by atoms with Gasteiger partial charge in [0.05, 0.1) is 6.61 Å². The molecule has 1 unspecified atom stereocenters. The smallest absolute Gasteiger partial charge is 0.250 e. The summed E-state index contributed by atoms with van der Waals surface area (Å²) >= 11 is 0. The summed E-state index contributed by atoms with van der Waals surface area (Å²) in [5.41, 5.74) is 0. The second-order valence-corrected chi connectivity index (χ2v) is 4.59. The Hall–Kier alpha value is -0.0700. The van der Waals surface area contributed by atoms with Crippen molar-refractivity contribution in [3.63, 3.8) is 0 Å². The summed E-state index contributed by atoms with van der Waals surface area (Å²) in [6.45, 7) is 7.98. The van der Waals surface area contributed by atoms with E-state index < -0.39 is 0 Å². The maximum absolute atomic E-state index is 11.7. The fourth-order valence-corrected chi connectivity index (χ4v) is 1.74. The first kappa shape index (κ1) is 21.2. The van der Waals surface area contributed by atoms with E-state index in [-0.39, 0.29) is 36.8 Å². The van der Waals surface area contributed by atoms with E-state index in [0.717, 1.165) is 19.5 Å². The lowest BCUT2D eigenvalue weighted by molar-refractivity contribution is -0.134. The van der Waals surface area contributed by atoms with Crippen molar-refractivity contribution in [1.29, 1.82) is 0 Å². The van der Waals surface area contributed by atoms with Gasteiger partial charge in [-0.05, 0) is 20.4 Å². The number of nitrogens with zero attached hydrogens (tertiary/aromatic N) is 1. The molecule has 116 valence electrons. The van der Waals surface area contributed by atoms with Crippen LogP contribution in [-0.2, 0) is 9.53 Å². The molecule has 0 aromatic carbocycles. The van der Waals surface area contributed by atoms with Crippen molar-refractivity contribution >= 4 is 30.7 Å². The van der Waals surface area contributed by atoms with Crippen LogP contribution in [0.25, 0.3) is 0 Å². The fraction of sp³-hybridized carbons (Fsp3) is 0.917. The number of likely N-dealkylation sites (N-methyl/N-ethyl adjacent to an activating group) is 1. The second kappa shape index (κ2) is 11.7. The van der Waals surface area contributed by atoms with Crippen molar-refractivity contribution in [3.05, 3.63) is 0 Å². The van der Waals surface area contributed by atoms with Gasteiger partial charge < -0.3 is 20.3 Å². The molecule has 1 amide bonds. The van der Waals surface area contributed by atoms with E-state index in [1.165, 1.54) is 0 Å². The predicted octanol–water partition coefficient (Wildman–Crippen LogP) is 0.665. The summed E-state index contributed by atoms with van der Waals surface area (Å²) in [5, 5.41) is 6.06. The Morgan fingerprint density at radius 2 is 2.21 bits per heavy atom. The molecule has 5 nitrogen and oxygen atoms in total. The lowest BCUT2D eigenvalue weighted by Crippen LogP contribution is -2.49. The topological polar surface area (TPSA) is 53.6 Å². The second-order valence-electron chi connectivity index (χ2n) is 4.59. The maximum atomic E-state index is 11.7. The van der Waals surface area contributed by atoms with Gasteiger partial charge in [-0.2, -0.15) is 0 Å². The molecule has 0 saturated carbocycles. The number of rotatable bonds is 6. The molecule has 0 bridgehead atoms. The largest absolute Gasteiger partial charge is 0.366 e. The highest BCUT2D eigenvalue weighted by Gasteiger charge is 2.21. The molecule has 1 fully saturated rings. The van der Waals surface area contributed by atoms with Crippen LogP contribution in [0.5, 0.6) is 0 Å². The van der Waals surface area contributed by atoms with E-state index in [4.69, 9.17) is 4.74 Å². The number of carbonyl (C=O) groups excluding carboxylic acids is 1. The van der Waals surface area contributed by atoms with Crippen LogP contribution in [0.4, 0.5) is 0 Å². The van der Waals surface area contributed by atoms with Gasteiger partial charge in [0.25, 0.3) is 5.91 Å². The quantitative estimate of drug-likeness (QED) is 0.756. The summed E-state index contributed by atoms with van der Waals surface area (Å²) in [4.78, 5) is 14.0. The van der Waals surface area contributed by atoms with Crippen molar-refractivity contribution in [2.45, 2.75) is 32.4 Å². The van der Waals surface area contributed by atoms with Gasteiger partial charge in [0.1, 0.15) is 6.10 Å². The van der Waals surface area contributed by atoms with E-state index in [2.05, 4.69) is 36.4 Å². The lowest BCUT2D eigenvalue weighted by Gasteiger charge is -2.25. The third kappa shape index (κ3) is 7.95. The van der Waals surface area contributed by atoms with Gasteiger partial charge in [0.2, 0.25) is 0 Å². The van der Waals surface area contributed by atoms with Crippen molar-refractivity contribution in [2.75, 3.05) is 39.8 Å². The third-order valence-corrected chi connectivity index (χ3v) is 3.33. The van der Waals surface area contributed by atoms with Crippen LogP contribution in [0.1, 0.15) is 20.3 Å². The molecule has 0 aromatic rings. The van der Waals surface area contributed by atoms with Gasteiger partial charge in [-0.3, -0.25) is 4.79 Å². The molecule has 7 heteroatoms. The number of amides is 1. The van der Waals surface area contributed by atoms with E-state index >= 15 is 0 Å². The van der Waals surface area contributed by atoms with E-state index in [1.54, 1.807) is 0 Å². The molecule has 0 aliphatic carbocycles. The maximum Gasteiger partial charge on any atom is 0.250 e. The van der Waals surface area contributed by atoms with E-state index in [0.29, 0.717) is 25.7 Å². The van der Waals surface area contributed by atoms with Crippen LogP contribution in [0.2, 0.25) is 0 Å². The third-order valence-electron chi connectivity index (χ3n) is 3.33.